The van der Waals surface area contributed by atoms with E-state index in [2.05, 4.69) is 4.90 Å². The second-order valence-corrected chi connectivity index (χ2v) is 4.12. The van der Waals surface area contributed by atoms with Crippen molar-refractivity contribution in [3.8, 4) is 0 Å². The van der Waals surface area contributed by atoms with E-state index in [0.717, 1.165) is 25.1 Å². The number of carbonyl (C=O) groups excluding carboxylic acids is 1. The molecule has 1 aliphatic rings. The summed E-state index contributed by atoms with van der Waals surface area (Å²) < 4.78 is 0. The van der Waals surface area contributed by atoms with E-state index in [4.69, 9.17) is 0 Å². The van der Waals surface area contributed by atoms with Gasteiger partial charge in [-0.1, -0.05) is 0 Å². The molecule has 0 bridgehead atoms. The lowest BCUT2D eigenvalue weighted by Crippen LogP contribution is -2.51. The van der Waals surface area contributed by atoms with Gasteiger partial charge >= 0.3 is 0 Å². The SMILES string of the molecule is CC(O)C1CN(c2ccc(C=O)cc2)C1. The molecule has 1 heterocycles. The van der Waals surface area contributed by atoms with Crippen LogP contribution in [0.3, 0.4) is 0 Å². The molecule has 0 aromatic heterocycles. The average molecular weight is 205 g/mol. The van der Waals surface area contributed by atoms with Crippen LogP contribution in [0.4, 0.5) is 5.69 Å². The van der Waals surface area contributed by atoms with Gasteiger partial charge in [-0.25, -0.2) is 0 Å². The Balaban J connectivity index is 1.98. The zero-order valence-corrected chi connectivity index (χ0v) is 8.76. The summed E-state index contributed by atoms with van der Waals surface area (Å²) in [5, 5.41) is 9.35. The number of aliphatic hydroxyl groups is 1. The molecule has 0 amide bonds. The van der Waals surface area contributed by atoms with Gasteiger partial charge in [0.25, 0.3) is 0 Å². The van der Waals surface area contributed by atoms with Crippen molar-refractivity contribution in [2.24, 2.45) is 5.92 Å². The molecule has 15 heavy (non-hydrogen) atoms. The molecule has 0 aliphatic carbocycles. The fraction of sp³-hybridized carbons (Fsp3) is 0.417. The highest BCUT2D eigenvalue weighted by atomic mass is 16.3. The van der Waals surface area contributed by atoms with Gasteiger partial charge in [-0.3, -0.25) is 4.79 Å². The molecule has 2 rings (SSSR count). The van der Waals surface area contributed by atoms with Gasteiger partial charge in [0.05, 0.1) is 6.10 Å². The number of carbonyl (C=O) groups is 1. The first kappa shape index (κ1) is 10.2. The van der Waals surface area contributed by atoms with Gasteiger partial charge in [0, 0.05) is 30.3 Å². The van der Waals surface area contributed by atoms with E-state index in [1.807, 2.05) is 31.2 Å². The summed E-state index contributed by atoms with van der Waals surface area (Å²) in [6, 6.07) is 7.53. The molecule has 1 fully saturated rings. The van der Waals surface area contributed by atoms with Gasteiger partial charge < -0.3 is 10.0 Å². The third kappa shape index (κ3) is 2.02. The topological polar surface area (TPSA) is 40.5 Å². The molecule has 3 heteroatoms. The van der Waals surface area contributed by atoms with Crippen LogP contribution in [-0.4, -0.2) is 30.6 Å². The monoisotopic (exact) mass is 205 g/mol. The van der Waals surface area contributed by atoms with E-state index >= 15 is 0 Å². The summed E-state index contributed by atoms with van der Waals surface area (Å²) in [4.78, 5) is 12.7. The Morgan fingerprint density at radius 3 is 2.47 bits per heavy atom. The van der Waals surface area contributed by atoms with E-state index in [-0.39, 0.29) is 6.10 Å². The van der Waals surface area contributed by atoms with Gasteiger partial charge in [0.15, 0.2) is 0 Å². The Kier molecular flexibility index (Phi) is 2.73. The highest BCUT2D eigenvalue weighted by molar-refractivity contribution is 5.75. The number of aldehydes is 1. The first-order chi connectivity index (χ1) is 7.20. The lowest BCUT2D eigenvalue weighted by atomic mass is 9.94. The van der Waals surface area contributed by atoms with Crippen molar-refractivity contribution in [3.63, 3.8) is 0 Å². The Hall–Kier alpha value is -1.35. The minimum Gasteiger partial charge on any atom is -0.393 e. The van der Waals surface area contributed by atoms with E-state index in [1.165, 1.54) is 0 Å². The zero-order valence-electron chi connectivity index (χ0n) is 8.76. The molecular formula is C12H15NO2. The maximum absolute atomic E-state index is 10.5. The molecule has 1 unspecified atom stereocenters. The summed E-state index contributed by atoms with van der Waals surface area (Å²) in [5.41, 5.74) is 1.82. The molecule has 80 valence electrons. The van der Waals surface area contributed by atoms with Crippen molar-refractivity contribution < 1.29 is 9.90 Å². The molecule has 1 aliphatic heterocycles. The number of rotatable bonds is 3. The minimum absolute atomic E-state index is 0.226. The minimum atomic E-state index is -0.226. The van der Waals surface area contributed by atoms with Crippen LogP contribution in [0.15, 0.2) is 24.3 Å². The molecule has 1 atom stereocenters. The van der Waals surface area contributed by atoms with Crippen LogP contribution in [0, 0.1) is 5.92 Å². The third-order valence-corrected chi connectivity index (χ3v) is 2.99. The Bertz CT molecular complexity index is 339. The Morgan fingerprint density at radius 1 is 1.40 bits per heavy atom. The summed E-state index contributed by atoms with van der Waals surface area (Å²) in [6.07, 6.45) is 0.619. The quantitative estimate of drug-likeness (QED) is 0.756. The van der Waals surface area contributed by atoms with Gasteiger partial charge in [0.1, 0.15) is 6.29 Å². The third-order valence-electron chi connectivity index (χ3n) is 2.99. The Morgan fingerprint density at radius 2 is 2.00 bits per heavy atom. The smallest absolute Gasteiger partial charge is 0.150 e. The predicted molar refractivity (Wildman–Crippen MR) is 59.2 cm³/mol. The van der Waals surface area contributed by atoms with E-state index in [1.54, 1.807) is 0 Å². The maximum atomic E-state index is 10.5. The van der Waals surface area contributed by atoms with Crippen LogP contribution in [-0.2, 0) is 0 Å². The summed E-state index contributed by atoms with van der Waals surface area (Å²) in [7, 11) is 0. The molecule has 0 spiro atoms. The molecule has 1 aromatic carbocycles. The van der Waals surface area contributed by atoms with Crippen LogP contribution in [0.25, 0.3) is 0 Å². The van der Waals surface area contributed by atoms with Crippen LogP contribution in [0.2, 0.25) is 0 Å². The second kappa shape index (κ2) is 4.03. The van der Waals surface area contributed by atoms with Crippen molar-refractivity contribution in [1.29, 1.82) is 0 Å². The summed E-state index contributed by atoms with van der Waals surface area (Å²) >= 11 is 0. The van der Waals surface area contributed by atoms with Gasteiger partial charge in [0.2, 0.25) is 0 Å². The van der Waals surface area contributed by atoms with Crippen LogP contribution >= 0.6 is 0 Å². The van der Waals surface area contributed by atoms with Gasteiger partial charge in [-0.2, -0.15) is 0 Å². The highest BCUT2D eigenvalue weighted by Gasteiger charge is 2.30. The fourth-order valence-corrected chi connectivity index (χ4v) is 1.79. The number of hydrogen-bond acceptors (Lipinski definition) is 3. The average Bonchev–Trinajstić information content (AvgIpc) is 2.16. The molecular weight excluding hydrogens is 190 g/mol. The standard InChI is InChI=1S/C12H15NO2/c1-9(15)11-6-13(7-11)12-4-2-10(8-14)3-5-12/h2-5,8-9,11,15H,6-7H2,1H3. The first-order valence-corrected chi connectivity index (χ1v) is 5.19. The Labute approximate surface area is 89.3 Å². The molecule has 0 saturated carbocycles. The van der Waals surface area contributed by atoms with Crippen molar-refractivity contribution >= 4 is 12.0 Å². The maximum Gasteiger partial charge on any atom is 0.150 e. The van der Waals surface area contributed by atoms with E-state index < -0.39 is 0 Å². The van der Waals surface area contributed by atoms with Gasteiger partial charge in [-0.05, 0) is 31.2 Å². The van der Waals surface area contributed by atoms with Gasteiger partial charge in [-0.15, -0.1) is 0 Å². The van der Waals surface area contributed by atoms with E-state index in [9.17, 15) is 9.90 Å². The zero-order chi connectivity index (χ0) is 10.8. The number of nitrogens with zero attached hydrogens (tertiary/aromatic N) is 1. The van der Waals surface area contributed by atoms with Crippen LogP contribution in [0.5, 0.6) is 0 Å². The van der Waals surface area contributed by atoms with E-state index in [0.29, 0.717) is 11.5 Å². The van der Waals surface area contributed by atoms with Crippen LogP contribution in [0.1, 0.15) is 17.3 Å². The number of benzene rings is 1. The number of anilines is 1. The van der Waals surface area contributed by atoms with Crippen molar-refractivity contribution in [2.45, 2.75) is 13.0 Å². The number of aliphatic hydroxyl groups excluding tert-OH is 1. The largest absolute Gasteiger partial charge is 0.393 e. The van der Waals surface area contributed by atoms with Crippen molar-refractivity contribution in [2.75, 3.05) is 18.0 Å². The summed E-state index contributed by atoms with van der Waals surface area (Å²) in [5.74, 6) is 0.385. The molecule has 1 aromatic rings. The lowest BCUT2D eigenvalue weighted by Gasteiger charge is -2.42. The molecule has 0 radical (unpaired) electrons. The number of hydrogen-bond donors (Lipinski definition) is 1. The molecule has 1 N–H and O–H groups in total. The van der Waals surface area contributed by atoms with Crippen molar-refractivity contribution in [1.82, 2.24) is 0 Å². The molecule has 3 nitrogen and oxygen atoms in total. The molecule has 1 saturated heterocycles. The fourth-order valence-electron chi connectivity index (χ4n) is 1.79. The highest BCUT2D eigenvalue weighted by Crippen LogP contribution is 2.26. The van der Waals surface area contributed by atoms with Crippen LogP contribution < -0.4 is 4.90 Å². The lowest BCUT2D eigenvalue weighted by molar-refractivity contribution is 0.107. The predicted octanol–water partition coefficient (Wildman–Crippen LogP) is 1.32. The van der Waals surface area contributed by atoms with Crippen molar-refractivity contribution in [3.05, 3.63) is 29.8 Å². The normalized spacial score (nSPS) is 18.4. The summed E-state index contributed by atoms with van der Waals surface area (Å²) in [6.45, 7) is 3.63. The second-order valence-electron chi connectivity index (χ2n) is 4.12. The first-order valence-electron chi connectivity index (χ1n) is 5.19.